The van der Waals surface area contributed by atoms with E-state index in [1.165, 1.54) is 12.5 Å². The van der Waals surface area contributed by atoms with Gasteiger partial charge in [-0.05, 0) is 18.9 Å². The Morgan fingerprint density at radius 2 is 2.14 bits per heavy atom. The molecule has 7 heteroatoms. The Hall–Kier alpha value is -2.44. The second kappa shape index (κ2) is 5.90. The van der Waals surface area contributed by atoms with Crippen molar-refractivity contribution >= 4 is 11.4 Å². The quantitative estimate of drug-likeness (QED) is 0.673. The van der Waals surface area contributed by atoms with Crippen molar-refractivity contribution < 1.29 is 4.92 Å². The molecule has 0 aliphatic carbocycles. The average Bonchev–Trinajstić information content (AvgIpc) is 2.91. The molecule has 1 aromatic carbocycles. The summed E-state index contributed by atoms with van der Waals surface area (Å²) in [7, 11) is 0. The van der Waals surface area contributed by atoms with Crippen LogP contribution in [-0.4, -0.2) is 26.2 Å². The molecule has 0 atom stereocenters. The van der Waals surface area contributed by atoms with E-state index in [9.17, 15) is 10.1 Å². The maximum Gasteiger partial charge on any atom is 0.292 e. The van der Waals surface area contributed by atoms with Crippen LogP contribution in [0.1, 0.15) is 24.5 Å². The summed E-state index contributed by atoms with van der Waals surface area (Å²) >= 11 is 0. The van der Waals surface area contributed by atoms with Gasteiger partial charge in [0, 0.05) is 32.0 Å². The Balaban J connectivity index is 1.64. The monoisotopic (exact) mass is 287 g/mol. The highest BCUT2D eigenvalue weighted by atomic mass is 16.6. The summed E-state index contributed by atoms with van der Waals surface area (Å²) < 4.78 is 2.17. The predicted molar refractivity (Wildman–Crippen MR) is 78.3 cm³/mol. The van der Waals surface area contributed by atoms with Gasteiger partial charge in [0.2, 0.25) is 0 Å². The van der Waals surface area contributed by atoms with E-state index in [1.54, 1.807) is 18.2 Å². The average molecular weight is 287 g/mol. The smallest absolute Gasteiger partial charge is 0.292 e. The number of nitrogens with one attached hydrogen (secondary N) is 1. The molecular weight excluding hydrogens is 270 g/mol. The third-order valence-corrected chi connectivity index (χ3v) is 3.70. The van der Waals surface area contributed by atoms with Crippen LogP contribution in [0.15, 0.2) is 24.3 Å². The fourth-order valence-electron chi connectivity index (χ4n) is 2.64. The van der Waals surface area contributed by atoms with E-state index in [0.29, 0.717) is 18.7 Å². The number of aryl methyl sites for hydroxylation is 1. The van der Waals surface area contributed by atoms with Crippen LogP contribution in [0.3, 0.4) is 0 Å². The molecule has 1 aliphatic rings. The Kier molecular flexibility index (Phi) is 3.81. The molecule has 1 aliphatic heterocycles. The van der Waals surface area contributed by atoms with Crippen LogP contribution in [0.5, 0.6) is 0 Å². The topological polar surface area (TPSA) is 85.9 Å². The molecular formula is C14H17N5O2. The Morgan fingerprint density at radius 3 is 3.00 bits per heavy atom. The molecule has 1 aromatic heterocycles. The second-order valence-corrected chi connectivity index (χ2v) is 5.09. The number of benzene rings is 1. The van der Waals surface area contributed by atoms with Gasteiger partial charge >= 0.3 is 0 Å². The predicted octanol–water partition coefficient (Wildman–Crippen LogP) is 2.18. The standard InChI is InChI=1S/C14H17N5O2/c20-19(21)12-6-2-1-5-11(12)15-9-8-14-17-16-13-7-3-4-10-18(13)14/h1-2,5-6,15H,3-4,7-10H2. The Bertz CT molecular complexity index is 653. The third kappa shape index (κ3) is 2.86. The fourth-order valence-corrected chi connectivity index (χ4v) is 2.64. The van der Waals surface area contributed by atoms with Crippen LogP contribution in [0.4, 0.5) is 11.4 Å². The Labute approximate surface area is 122 Å². The number of fused-ring (bicyclic) bond motifs is 1. The van der Waals surface area contributed by atoms with Crippen molar-refractivity contribution in [3.05, 3.63) is 46.0 Å². The fraction of sp³-hybridized carbons (Fsp3) is 0.429. The van der Waals surface area contributed by atoms with Gasteiger partial charge < -0.3 is 9.88 Å². The van der Waals surface area contributed by atoms with Gasteiger partial charge in [-0.3, -0.25) is 10.1 Å². The molecule has 0 fully saturated rings. The first kappa shape index (κ1) is 13.5. The molecule has 21 heavy (non-hydrogen) atoms. The first-order valence-electron chi connectivity index (χ1n) is 7.14. The maximum absolute atomic E-state index is 10.9. The van der Waals surface area contributed by atoms with E-state index < -0.39 is 0 Å². The minimum absolute atomic E-state index is 0.0979. The molecule has 0 radical (unpaired) electrons. The minimum atomic E-state index is -0.374. The van der Waals surface area contributed by atoms with Crippen LogP contribution in [0.25, 0.3) is 0 Å². The van der Waals surface area contributed by atoms with Crippen molar-refractivity contribution in [1.29, 1.82) is 0 Å². The van der Waals surface area contributed by atoms with Gasteiger partial charge in [0.15, 0.2) is 0 Å². The lowest BCUT2D eigenvalue weighted by atomic mass is 10.1. The van der Waals surface area contributed by atoms with Gasteiger partial charge in [-0.25, -0.2) is 0 Å². The van der Waals surface area contributed by atoms with Gasteiger partial charge in [0.25, 0.3) is 5.69 Å². The highest BCUT2D eigenvalue weighted by molar-refractivity contribution is 5.61. The molecule has 0 saturated carbocycles. The lowest BCUT2D eigenvalue weighted by Crippen LogP contribution is -2.15. The lowest BCUT2D eigenvalue weighted by molar-refractivity contribution is -0.384. The van der Waals surface area contributed by atoms with Gasteiger partial charge in [-0.1, -0.05) is 12.1 Å². The molecule has 0 amide bonds. The molecule has 3 rings (SSSR count). The molecule has 7 nitrogen and oxygen atoms in total. The molecule has 2 aromatic rings. The van der Waals surface area contributed by atoms with Crippen LogP contribution in [-0.2, 0) is 19.4 Å². The SMILES string of the molecule is O=[N+]([O-])c1ccccc1NCCc1nnc2n1CCCC2. The van der Waals surface area contributed by atoms with Crippen molar-refractivity contribution in [2.45, 2.75) is 32.2 Å². The molecule has 0 bridgehead atoms. The first-order chi connectivity index (χ1) is 10.3. The van der Waals surface area contributed by atoms with E-state index in [2.05, 4.69) is 20.1 Å². The Morgan fingerprint density at radius 1 is 1.29 bits per heavy atom. The molecule has 0 unspecified atom stereocenters. The van der Waals surface area contributed by atoms with Gasteiger partial charge in [-0.2, -0.15) is 0 Å². The van der Waals surface area contributed by atoms with Crippen molar-refractivity contribution in [2.75, 3.05) is 11.9 Å². The summed E-state index contributed by atoms with van der Waals surface area (Å²) in [5.74, 6) is 2.01. The van der Waals surface area contributed by atoms with E-state index >= 15 is 0 Å². The van der Waals surface area contributed by atoms with Crippen LogP contribution in [0, 0.1) is 10.1 Å². The highest BCUT2D eigenvalue weighted by Gasteiger charge is 2.16. The van der Waals surface area contributed by atoms with Crippen LogP contribution in [0.2, 0.25) is 0 Å². The summed E-state index contributed by atoms with van der Waals surface area (Å²) in [6.45, 7) is 1.58. The summed E-state index contributed by atoms with van der Waals surface area (Å²) in [6.07, 6.45) is 4.03. The number of aromatic nitrogens is 3. The van der Waals surface area contributed by atoms with Crippen LogP contribution >= 0.6 is 0 Å². The summed E-state index contributed by atoms with van der Waals surface area (Å²) in [5, 5.41) is 22.5. The maximum atomic E-state index is 10.9. The lowest BCUT2D eigenvalue weighted by Gasteiger charge is -2.14. The number of nitro benzene ring substituents is 1. The van der Waals surface area contributed by atoms with Crippen molar-refractivity contribution in [3.63, 3.8) is 0 Å². The molecule has 0 saturated heterocycles. The van der Waals surface area contributed by atoms with Gasteiger partial charge in [-0.15, -0.1) is 10.2 Å². The number of hydrogen-bond donors (Lipinski definition) is 1. The summed E-state index contributed by atoms with van der Waals surface area (Å²) in [6, 6.07) is 6.67. The number of para-hydroxylation sites is 2. The largest absolute Gasteiger partial charge is 0.379 e. The molecule has 2 heterocycles. The molecule has 110 valence electrons. The number of rotatable bonds is 5. The second-order valence-electron chi connectivity index (χ2n) is 5.09. The zero-order valence-electron chi connectivity index (χ0n) is 11.7. The van der Waals surface area contributed by atoms with Crippen molar-refractivity contribution in [3.8, 4) is 0 Å². The van der Waals surface area contributed by atoms with Crippen molar-refractivity contribution in [1.82, 2.24) is 14.8 Å². The van der Waals surface area contributed by atoms with E-state index in [1.807, 2.05) is 0 Å². The normalized spacial score (nSPS) is 13.7. The summed E-state index contributed by atoms with van der Waals surface area (Å²) in [5.41, 5.74) is 0.640. The van der Waals surface area contributed by atoms with Gasteiger partial charge in [0.05, 0.1) is 4.92 Å². The molecule has 1 N–H and O–H groups in total. The number of nitro groups is 1. The molecule has 0 spiro atoms. The van der Waals surface area contributed by atoms with E-state index in [4.69, 9.17) is 0 Å². The third-order valence-electron chi connectivity index (χ3n) is 3.70. The van der Waals surface area contributed by atoms with Crippen LogP contribution < -0.4 is 5.32 Å². The number of hydrogen-bond acceptors (Lipinski definition) is 5. The van der Waals surface area contributed by atoms with Crippen molar-refractivity contribution in [2.24, 2.45) is 0 Å². The van der Waals surface area contributed by atoms with Gasteiger partial charge in [0.1, 0.15) is 17.3 Å². The van der Waals surface area contributed by atoms with E-state index in [-0.39, 0.29) is 10.6 Å². The van der Waals surface area contributed by atoms with E-state index in [0.717, 1.165) is 31.0 Å². The zero-order valence-corrected chi connectivity index (χ0v) is 11.7. The summed E-state index contributed by atoms with van der Waals surface area (Å²) in [4.78, 5) is 10.6. The minimum Gasteiger partial charge on any atom is -0.379 e. The zero-order chi connectivity index (χ0) is 14.7. The number of anilines is 1. The first-order valence-corrected chi connectivity index (χ1v) is 7.14. The highest BCUT2D eigenvalue weighted by Crippen LogP contribution is 2.23. The number of nitrogens with zero attached hydrogens (tertiary/aromatic N) is 4.